The Hall–Kier alpha value is -1.02. The van der Waals surface area contributed by atoms with Crippen LogP contribution in [0.4, 0.5) is 0 Å². The predicted molar refractivity (Wildman–Crippen MR) is 80.9 cm³/mol. The lowest BCUT2D eigenvalue weighted by molar-refractivity contribution is 0.473. The van der Waals surface area contributed by atoms with Crippen LogP contribution < -0.4 is 0 Å². The zero-order chi connectivity index (χ0) is 13.4. The Labute approximate surface area is 119 Å². The third-order valence-corrected chi connectivity index (χ3v) is 4.31. The highest BCUT2D eigenvalue weighted by Crippen LogP contribution is 2.38. The fourth-order valence-corrected chi connectivity index (χ4v) is 3.17. The van der Waals surface area contributed by atoms with E-state index < -0.39 is 0 Å². The molecule has 1 aliphatic carbocycles. The van der Waals surface area contributed by atoms with Crippen molar-refractivity contribution in [3.8, 4) is 0 Å². The third kappa shape index (κ3) is 2.51. The number of benzene rings is 1. The molecule has 1 aromatic heterocycles. The summed E-state index contributed by atoms with van der Waals surface area (Å²) >= 11 is 5.94. The summed E-state index contributed by atoms with van der Waals surface area (Å²) in [5.74, 6) is 2.71. The van der Waals surface area contributed by atoms with Gasteiger partial charge in [-0.1, -0.05) is 25.0 Å². The van der Waals surface area contributed by atoms with Gasteiger partial charge in [-0.3, -0.25) is 0 Å². The van der Waals surface area contributed by atoms with Crippen LogP contribution in [0.2, 0.25) is 0 Å². The lowest BCUT2D eigenvalue weighted by Crippen LogP contribution is -2.10. The number of hydrogen-bond acceptors (Lipinski definition) is 1. The molecule has 0 radical (unpaired) electrons. The first kappa shape index (κ1) is 13.0. The van der Waals surface area contributed by atoms with Gasteiger partial charge in [0.2, 0.25) is 0 Å². The second kappa shape index (κ2) is 5.16. The fraction of sp³-hybridized carbons (Fsp3) is 0.562. The third-order valence-electron chi connectivity index (χ3n) is 4.13. The van der Waals surface area contributed by atoms with Crippen LogP contribution in [0.1, 0.15) is 43.6 Å². The van der Waals surface area contributed by atoms with E-state index in [-0.39, 0.29) is 0 Å². The molecule has 1 aliphatic rings. The van der Waals surface area contributed by atoms with E-state index in [9.17, 15) is 0 Å². The molecule has 3 rings (SSSR count). The van der Waals surface area contributed by atoms with Crippen LogP contribution in [-0.4, -0.2) is 15.4 Å². The van der Waals surface area contributed by atoms with E-state index in [1.54, 1.807) is 0 Å². The standard InChI is InChI=1S/C16H21ClN2/c1-11-4-3-5-14-16(11)18-15(8-9-17)19(14)12(2)10-13-6-7-13/h3-5,12-13H,6-10H2,1-2H3. The van der Waals surface area contributed by atoms with E-state index in [0.717, 1.165) is 23.7 Å². The number of halogens is 1. The van der Waals surface area contributed by atoms with Gasteiger partial charge in [-0.25, -0.2) is 4.98 Å². The Kier molecular flexibility index (Phi) is 3.53. The van der Waals surface area contributed by atoms with E-state index in [0.29, 0.717) is 11.9 Å². The van der Waals surface area contributed by atoms with Crippen LogP contribution in [0, 0.1) is 12.8 Å². The van der Waals surface area contributed by atoms with Crippen LogP contribution in [0.25, 0.3) is 11.0 Å². The van der Waals surface area contributed by atoms with Crippen molar-refractivity contribution in [3.05, 3.63) is 29.6 Å². The lowest BCUT2D eigenvalue weighted by atomic mass is 10.1. The zero-order valence-electron chi connectivity index (χ0n) is 11.7. The van der Waals surface area contributed by atoms with Gasteiger partial charge in [0.25, 0.3) is 0 Å². The minimum Gasteiger partial charge on any atom is -0.325 e. The first-order valence-electron chi connectivity index (χ1n) is 7.23. The van der Waals surface area contributed by atoms with E-state index in [1.807, 2.05) is 0 Å². The predicted octanol–water partition coefficient (Wildman–Crippen LogP) is 4.49. The maximum atomic E-state index is 5.94. The Morgan fingerprint density at radius 3 is 2.89 bits per heavy atom. The van der Waals surface area contributed by atoms with Crippen molar-refractivity contribution in [2.75, 3.05) is 5.88 Å². The van der Waals surface area contributed by atoms with Crippen molar-refractivity contribution in [1.29, 1.82) is 0 Å². The van der Waals surface area contributed by atoms with Crippen molar-refractivity contribution < 1.29 is 0 Å². The van der Waals surface area contributed by atoms with E-state index in [4.69, 9.17) is 16.6 Å². The van der Waals surface area contributed by atoms with E-state index in [2.05, 4.69) is 36.6 Å². The second-order valence-electron chi connectivity index (χ2n) is 5.81. The normalized spacial score (nSPS) is 17.0. The molecule has 1 heterocycles. The van der Waals surface area contributed by atoms with Gasteiger partial charge in [-0.15, -0.1) is 11.6 Å². The first-order valence-corrected chi connectivity index (χ1v) is 7.76. The molecule has 19 heavy (non-hydrogen) atoms. The van der Waals surface area contributed by atoms with Gasteiger partial charge >= 0.3 is 0 Å². The van der Waals surface area contributed by atoms with Crippen LogP contribution in [0.3, 0.4) is 0 Å². The lowest BCUT2D eigenvalue weighted by Gasteiger charge is -2.17. The number of aryl methyl sites for hydroxylation is 2. The molecule has 1 unspecified atom stereocenters. The summed E-state index contributed by atoms with van der Waals surface area (Å²) in [7, 11) is 0. The van der Waals surface area contributed by atoms with Gasteiger partial charge in [0, 0.05) is 18.3 Å². The Morgan fingerprint density at radius 2 is 2.21 bits per heavy atom. The van der Waals surface area contributed by atoms with Crippen molar-refractivity contribution in [2.24, 2.45) is 5.92 Å². The summed E-state index contributed by atoms with van der Waals surface area (Å²) in [5, 5.41) is 0. The summed E-state index contributed by atoms with van der Waals surface area (Å²) in [5.41, 5.74) is 3.67. The average Bonchev–Trinajstić information content (AvgIpc) is 3.09. The summed E-state index contributed by atoms with van der Waals surface area (Å²) in [6.45, 7) is 4.45. The number of alkyl halides is 1. The molecule has 0 bridgehead atoms. The highest BCUT2D eigenvalue weighted by atomic mass is 35.5. The molecule has 0 saturated heterocycles. The smallest absolute Gasteiger partial charge is 0.111 e. The Morgan fingerprint density at radius 1 is 1.42 bits per heavy atom. The van der Waals surface area contributed by atoms with Gasteiger partial charge < -0.3 is 4.57 Å². The van der Waals surface area contributed by atoms with Gasteiger partial charge in [0.05, 0.1) is 11.0 Å². The number of para-hydroxylation sites is 1. The quantitative estimate of drug-likeness (QED) is 0.736. The molecule has 0 amide bonds. The van der Waals surface area contributed by atoms with Crippen molar-refractivity contribution >= 4 is 22.6 Å². The topological polar surface area (TPSA) is 17.8 Å². The average molecular weight is 277 g/mol. The molecule has 2 aromatic rings. The van der Waals surface area contributed by atoms with E-state index >= 15 is 0 Å². The molecule has 0 N–H and O–H groups in total. The molecular formula is C16H21ClN2. The highest BCUT2D eigenvalue weighted by molar-refractivity contribution is 6.17. The van der Waals surface area contributed by atoms with Gasteiger partial charge in [0.1, 0.15) is 5.82 Å². The zero-order valence-corrected chi connectivity index (χ0v) is 12.5. The Balaban J connectivity index is 2.07. The molecular weight excluding hydrogens is 256 g/mol. The Bertz CT molecular complexity index is 584. The molecule has 2 nitrogen and oxygen atoms in total. The second-order valence-corrected chi connectivity index (χ2v) is 6.19. The van der Waals surface area contributed by atoms with Crippen LogP contribution >= 0.6 is 11.6 Å². The van der Waals surface area contributed by atoms with Crippen molar-refractivity contribution in [3.63, 3.8) is 0 Å². The number of aromatic nitrogens is 2. The molecule has 3 heteroatoms. The number of hydrogen-bond donors (Lipinski definition) is 0. The van der Waals surface area contributed by atoms with Crippen LogP contribution in [-0.2, 0) is 6.42 Å². The largest absolute Gasteiger partial charge is 0.325 e. The van der Waals surface area contributed by atoms with Gasteiger partial charge in [0.15, 0.2) is 0 Å². The molecule has 0 spiro atoms. The van der Waals surface area contributed by atoms with Gasteiger partial charge in [-0.05, 0) is 37.8 Å². The SMILES string of the molecule is Cc1cccc2c1nc(CCCl)n2C(C)CC1CC1. The van der Waals surface area contributed by atoms with Crippen molar-refractivity contribution in [2.45, 2.75) is 45.6 Å². The summed E-state index contributed by atoms with van der Waals surface area (Å²) < 4.78 is 2.42. The first-order chi connectivity index (χ1) is 9.20. The van der Waals surface area contributed by atoms with E-state index in [1.165, 1.54) is 30.3 Å². The molecule has 1 atom stereocenters. The maximum Gasteiger partial charge on any atom is 0.111 e. The monoisotopic (exact) mass is 276 g/mol. The number of fused-ring (bicyclic) bond motifs is 1. The summed E-state index contributed by atoms with van der Waals surface area (Å²) in [4.78, 5) is 4.83. The molecule has 102 valence electrons. The van der Waals surface area contributed by atoms with Gasteiger partial charge in [-0.2, -0.15) is 0 Å². The fourth-order valence-electron chi connectivity index (χ4n) is 3.00. The number of nitrogens with zero attached hydrogens (tertiary/aromatic N) is 2. The summed E-state index contributed by atoms with van der Waals surface area (Å²) in [6.07, 6.45) is 4.93. The number of rotatable bonds is 5. The highest BCUT2D eigenvalue weighted by Gasteiger charge is 2.26. The minimum atomic E-state index is 0.525. The van der Waals surface area contributed by atoms with Crippen LogP contribution in [0.15, 0.2) is 18.2 Å². The maximum absolute atomic E-state index is 5.94. The molecule has 0 aliphatic heterocycles. The molecule has 1 fully saturated rings. The molecule has 1 saturated carbocycles. The minimum absolute atomic E-state index is 0.525. The molecule has 1 aromatic carbocycles. The summed E-state index contributed by atoms with van der Waals surface area (Å²) in [6, 6.07) is 6.98. The number of imidazole rings is 1. The van der Waals surface area contributed by atoms with Crippen LogP contribution in [0.5, 0.6) is 0 Å². The van der Waals surface area contributed by atoms with Crippen molar-refractivity contribution in [1.82, 2.24) is 9.55 Å².